The first-order valence-electron chi connectivity index (χ1n) is 5.78. The molecule has 96 valence electrons. The Kier molecular flexibility index (Phi) is 3.99. The molecule has 4 heteroatoms. The fourth-order valence-corrected chi connectivity index (χ4v) is 2.93. The maximum atomic E-state index is 6.04. The van der Waals surface area contributed by atoms with Crippen molar-refractivity contribution in [3.8, 4) is 5.75 Å². The molecule has 1 heterocycles. The Morgan fingerprint density at radius 2 is 2.06 bits per heavy atom. The zero-order valence-corrected chi connectivity index (χ0v) is 11.6. The zero-order valence-electron chi connectivity index (χ0n) is 10.8. The highest BCUT2D eigenvalue weighted by Crippen LogP contribution is 2.38. The first-order chi connectivity index (χ1) is 8.63. The summed E-state index contributed by atoms with van der Waals surface area (Å²) in [6, 6.07) is 7.85. The first kappa shape index (κ1) is 13.1. The Morgan fingerprint density at radius 3 is 2.61 bits per heavy atom. The van der Waals surface area contributed by atoms with Crippen molar-refractivity contribution < 1.29 is 9.15 Å². The van der Waals surface area contributed by atoms with Gasteiger partial charge in [-0.25, -0.2) is 0 Å². The van der Waals surface area contributed by atoms with Crippen molar-refractivity contribution in [3.05, 3.63) is 41.9 Å². The molecule has 0 aliphatic carbocycles. The van der Waals surface area contributed by atoms with Crippen LogP contribution in [-0.2, 0) is 0 Å². The Morgan fingerprint density at radius 1 is 1.28 bits per heavy atom. The van der Waals surface area contributed by atoms with Crippen LogP contribution in [0.25, 0.3) is 0 Å². The van der Waals surface area contributed by atoms with Gasteiger partial charge in [-0.15, -0.1) is 0 Å². The van der Waals surface area contributed by atoms with E-state index in [4.69, 9.17) is 14.9 Å². The van der Waals surface area contributed by atoms with Gasteiger partial charge in [-0.3, -0.25) is 0 Å². The third-order valence-electron chi connectivity index (χ3n) is 2.73. The number of rotatable bonds is 4. The number of furan rings is 1. The molecular formula is C14H17NO2S. The summed E-state index contributed by atoms with van der Waals surface area (Å²) in [5.74, 6) is 1.74. The summed E-state index contributed by atoms with van der Waals surface area (Å²) in [7, 11) is 1.67. The van der Waals surface area contributed by atoms with E-state index in [1.54, 1.807) is 25.1 Å². The van der Waals surface area contributed by atoms with Gasteiger partial charge in [-0.1, -0.05) is 17.8 Å². The minimum absolute atomic E-state index is 0.0733. The second-order valence-electron chi connectivity index (χ2n) is 4.10. The molecule has 0 spiro atoms. The summed E-state index contributed by atoms with van der Waals surface area (Å²) in [5.41, 5.74) is 7.07. The molecule has 0 radical (unpaired) electrons. The largest absolute Gasteiger partial charge is 0.496 e. The highest BCUT2D eigenvalue weighted by Gasteiger charge is 2.15. The lowest BCUT2D eigenvalue weighted by Crippen LogP contribution is -2.08. The number of benzene rings is 1. The molecule has 1 unspecified atom stereocenters. The van der Waals surface area contributed by atoms with Crippen LogP contribution in [0.1, 0.15) is 24.3 Å². The molecule has 3 nitrogen and oxygen atoms in total. The predicted molar refractivity (Wildman–Crippen MR) is 73.2 cm³/mol. The lowest BCUT2D eigenvalue weighted by molar-refractivity contribution is 0.405. The zero-order chi connectivity index (χ0) is 13.1. The lowest BCUT2D eigenvalue weighted by atomic mass is 10.1. The second kappa shape index (κ2) is 5.50. The maximum absolute atomic E-state index is 6.04. The molecule has 2 rings (SSSR count). The molecule has 18 heavy (non-hydrogen) atoms. The van der Waals surface area contributed by atoms with Crippen LogP contribution < -0.4 is 10.5 Å². The molecular weight excluding hydrogens is 246 g/mol. The summed E-state index contributed by atoms with van der Waals surface area (Å²) in [6.07, 6.45) is 1.70. The second-order valence-corrected chi connectivity index (χ2v) is 5.19. The molecule has 0 bridgehead atoms. The average Bonchev–Trinajstić information content (AvgIpc) is 2.74. The Balaban J connectivity index is 2.41. The van der Waals surface area contributed by atoms with Crippen molar-refractivity contribution in [1.29, 1.82) is 0 Å². The van der Waals surface area contributed by atoms with Gasteiger partial charge in [-0.05, 0) is 32.0 Å². The van der Waals surface area contributed by atoms with E-state index in [0.29, 0.717) is 0 Å². The van der Waals surface area contributed by atoms with E-state index in [2.05, 4.69) is 6.07 Å². The monoisotopic (exact) mass is 263 g/mol. The predicted octanol–water partition coefficient (Wildman–Crippen LogP) is 3.77. The van der Waals surface area contributed by atoms with Gasteiger partial charge in [0.05, 0.1) is 18.3 Å². The van der Waals surface area contributed by atoms with Gasteiger partial charge in [0.2, 0.25) is 0 Å². The number of aryl methyl sites for hydroxylation is 1. The van der Waals surface area contributed by atoms with Crippen LogP contribution in [0.15, 0.2) is 44.7 Å². The molecule has 2 aromatic rings. The summed E-state index contributed by atoms with van der Waals surface area (Å²) >= 11 is 1.65. The van der Waals surface area contributed by atoms with Crippen LogP contribution in [-0.4, -0.2) is 7.11 Å². The molecule has 1 aromatic carbocycles. The highest BCUT2D eigenvalue weighted by molar-refractivity contribution is 7.99. The van der Waals surface area contributed by atoms with Gasteiger partial charge >= 0.3 is 0 Å². The Hall–Kier alpha value is -1.39. The number of hydrogen-bond donors (Lipinski definition) is 1. The van der Waals surface area contributed by atoms with Crippen molar-refractivity contribution in [2.75, 3.05) is 7.11 Å². The lowest BCUT2D eigenvalue weighted by Gasteiger charge is -2.16. The first-order valence-corrected chi connectivity index (χ1v) is 6.59. The van der Waals surface area contributed by atoms with Gasteiger partial charge in [0.25, 0.3) is 0 Å². The number of hydrogen-bond acceptors (Lipinski definition) is 4. The van der Waals surface area contributed by atoms with Crippen molar-refractivity contribution in [2.24, 2.45) is 5.73 Å². The molecule has 0 saturated carbocycles. The number of nitrogens with two attached hydrogens (primary N) is 1. The molecule has 0 saturated heterocycles. The topological polar surface area (TPSA) is 48.4 Å². The Labute approximate surface area is 111 Å². The van der Waals surface area contributed by atoms with Crippen molar-refractivity contribution in [1.82, 2.24) is 0 Å². The minimum atomic E-state index is -0.0733. The van der Waals surface area contributed by atoms with Gasteiger partial charge in [-0.2, -0.15) is 0 Å². The average molecular weight is 263 g/mol. The molecule has 0 fully saturated rings. The summed E-state index contributed by atoms with van der Waals surface area (Å²) < 4.78 is 10.7. The van der Waals surface area contributed by atoms with E-state index in [-0.39, 0.29) is 6.04 Å². The molecule has 1 aromatic heterocycles. The Bertz CT molecular complexity index is 534. The van der Waals surface area contributed by atoms with Gasteiger partial charge in [0.1, 0.15) is 11.5 Å². The van der Waals surface area contributed by atoms with E-state index in [1.165, 1.54) is 0 Å². The van der Waals surface area contributed by atoms with E-state index in [9.17, 15) is 0 Å². The van der Waals surface area contributed by atoms with Gasteiger partial charge in [0, 0.05) is 16.5 Å². The number of ether oxygens (including phenoxy) is 1. The van der Waals surface area contributed by atoms with Crippen LogP contribution in [0.5, 0.6) is 5.75 Å². The van der Waals surface area contributed by atoms with E-state index in [1.807, 2.05) is 32.0 Å². The van der Waals surface area contributed by atoms with E-state index < -0.39 is 0 Å². The van der Waals surface area contributed by atoms with Crippen LogP contribution in [0.3, 0.4) is 0 Å². The SMILES string of the molecule is COc1cccc(Sc2ccoc2C)c1C(C)N. The van der Waals surface area contributed by atoms with E-state index in [0.717, 1.165) is 26.9 Å². The smallest absolute Gasteiger partial charge is 0.124 e. The van der Waals surface area contributed by atoms with Gasteiger partial charge in [0.15, 0.2) is 0 Å². The van der Waals surface area contributed by atoms with Crippen molar-refractivity contribution in [3.63, 3.8) is 0 Å². The number of methoxy groups -OCH3 is 1. The van der Waals surface area contributed by atoms with Crippen LogP contribution in [0.2, 0.25) is 0 Å². The van der Waals surface area contributed by atoms with Gasteiger partial charge < -0.3 is 14.9 Å². The fourth-order valence-electron chi connectivity index (χ4n) is 1.84. The summed E-state index contributed by atoms with van der Waals surface area (Å²) in [5, 5.41) is 0. The third-order valence-corrected chi connectivity index (χ3v) is 3.95. The maximum Gasteiger partial charge on any atom is 0.124 e. The summed E-state index contributed by atoms with van der Waals surface area (Å²) in [4.78, 5) is 2.21. The van der Waals surface area contributed by atoms with Crippen LogP contribution in [0, 0.1) is 6.92 Å². The minimum Gasteiger partial charge on any atom is -0.496 e. The summed E-state index contributed by atoms with van der Waals surface area (Å²) in [6.45, 7) is 3.91. The van der Waals surface area contributed by atoms with Crippen LogP contribution in [0.4, 0.5) is 0 Å². The third kappa shape index (κ3) is 2.54. The normalized spacial score (nSPS) is 12.4. The standard InChI is InChI=1S/C14H17NO2S/c1-9(15)14-11(16-3)5-4-6-13(14)18-12-7-8-17-10(12)2/h4-9H,15H2,1-3H3. The van der Waals surface area contributed by atoms with Crippen LogP contribution >= 0.6 is 11.8 Å². The highest BCUT2D eigenvalue weighted by atomic mass is 32.2. The quantitative estimate of drug-likeness (QED) is 0.912. The van der Waals surface area contributed by atoms with E-state index >= 15 is 0 Å². The fraction of sp³-hybridized carbons (Fsp3) is 0.286. The molecule has 1 atom stereocenters. The van der Waals surface area contributed by atoms with Crippen molar-refractivity contribution >= 4 is 11.8 Å². The molecule has 2 N–H and O–H groups in total. The molecule has 0 amide bonds. The molecule has 0 aliphatic rings. The van der Waals surface area contributed by atoms with Crippen molar-refractivity contribution in [2.45, 2.75) is 29.7 Å². The molecule has 0 aliphatic heterocycles.